The monoisotopic (exact) mass is 288 g/mol. The summed E-state index contributed by atoms with van der Waals surface area (Å²) in [5.74, 6) is -1.31. The highest BCUT2D eigenvalue weighted by Gasteiger charge is 2.34. The van der Waals surface area contributed by atoms with E-state index in [9.17, 15) is 17.6 Å². The number of nitrogens with one attached hydrogen (secondary N) is 1. The van der Waals surface area contributed by atoms with E-state index in [0.29, 0.717) is 18.8 Å². The van der Waals surface area contributed by atoms with Gasteiger partial charge in [-0.15, -0.1) is 5.10 Å². The van der Waals surface area contributed by atoms with Crippen molar-refractivity contribution in [3.05, 3.63) is 41.5 Å². The number of aromatic nitrogens is 3. The second kappa shape index (κ2) is 5.58. The molecule has 1 aromatic heterocycles. The zero-order chi connectivity index (χ0) is 14.8. The lowest BCUT2D eigenvalue weighted by Gasteiger charge is -2.11. The van der Waals surface area contributed by atoms with E-state index in [1.807, 2.05) is 6.92 Å². The second-order valence-corrected chi connectivity index (χ2v) is 4.08. The van der Waals surface area contributed by atoms with Gasteiger partial charge in [-0.05, 0) is 24.7 Å². The first-order valence-electron chi connectivity index (χ1n) is 5.91. The molecule has 0 amide bonds. The third-order valence-electron chi connectivity index (χ3n) is 2.68. The number of halogens is 4. The van der Waals surface area contributed by atoms with Crippen LogP contribution in [0.5, 0.6) is 0 Å². The largest absolute Gasteiger partial charge is 0.419 e. The highest BCUT2D eigenvalue weighted by Crippen LogP contribution is 2.32. The Morgan fingerprint density at radius 1 is 1.30 bits per heavy atom. The van der Waals surface area contributed by atoms with E-state index in [1.54, 1.807) is 0 Å². The fourth-order valence-electron chi connectivity index (χ4n) is 1.71. The maximum Gasteiger partial charge on any atom is 0.419 e. The summed E-state index contributed by atoms with van der Waals surface area (Å²) in [6, 6.07) is 2.73. The summed E-state index contributed by atoms with van der Waals surface area (Å²) >= 11 is 0. The molecule has 0 fully saturated rings. The normalized spacial score (nSPS) is 11.8. The van der Waals surface area contributed by atoms with Crippen LogP contribution < -0.4 is 5.32 Å². The smallest absolute Gasteiger partial charge is 0.311 e. The summed E-state index contributed by atoms with van der Waals surface area (Å²) in [7, 11) is 0. The molecule has 0 saturated carbocycles. The molecule has 2 aromatic rings. The third kappa shape index (κ3) is 2.96. The molecule has 1 N–H and O–H groups in total. The topological polar surface area (TPSA) is 42.7 Å². The minimum Gasteiger partial charge on any atom is -0.311 e. The van der Waals surface area contributed by atoms with Gasteiger partial charge < -0.3 is 5.32 Å². The summed E-state index contributed by atoms with van der Waals surface area (Å²) in [5.41, 5.74) is -0.615. The molecule has 108 valence electrons. The van der Waals surface area contributed by atoms with Gasteiger partial charge in [-0.25, -0.2) is 9.07 Å². The van der Waals surface area contributed by atoms with Crippen LogP contribution in [-0.4, -0.2) is 21.5 Å². The van der Waals surface area contributed by atoms with E-state index >= 15 is 0 Å². The molecule has 0 unspecified atom stereocenters. The number of hydrogen-bond donors (Lipinski definition) is 1. The average molecular weight is 288 g/mol. The van der Waals surface area contributed by atoms with Crippen molar-refractivity contribution in [2.45, 2.75) is 19.6 Å². The second-order valence-electron chi connectivity index (χ2n) is 4.08. The Labute approximate surface area is 112 Å². The average Bonchev–Trinajstić information content (AvgIpc) is 2.84. The van der Waals surface area contributed by atoms with Gasteiger partial charge in [0.2, 0.25) is 0 Å². The van der Waals surface area contributed by atoms with Crippen LogP contribution in [-0.2, 0) is 12.7 Å². The van der Waals surface area contributed by atoms with Gasteiger partial charge in [0.05, 0.1) is 23.1 Å². The van der Waals surface area contributed by atoms with Crippen molar-refractivity contribution in [2.24, 2.45) is 0 Å². The predicted molar refractivity (Wildman–Crippen MR) is 63.7 cm³/mol. The van der Waals surface area contributed by atoms with Crippen LogP contribution in [0.3, 0.4) is 0 Å². The van der Waals surface area contributed by atoms with E-state index in [1.165, 1.54) is 16.9 Å². The summed E-state index contributed by atoms with van der Waals surface area (Å²) in [5, 5.41) is 10.4. The molecule has 0 radical (unpaired) electrons. The lowest BCUT2D eigenvalue weighted by Crippen LogP contribution is -2.16. The summed E-state index contributed by atoms with van der Waals surface area (Å²) < 4.78 is 52.5. The molecule has 20 heavy (non-hydrogen) atoms. The maximum absolute atomic E-state index is 13.2. The first-order valence-corrected chi connectivity index (χ1v) is 5.91. The van der Waals surface area contributed by atoms with Crippen molar-refractivity contribution in [3.8, 4) is 5.69 Å². The van der Waals surface area contributed by atoms with Gasteiger partial charge in [0.25, 0.3) is 0 Å². The van der Waals surface area contributed by atoms with E-state index in [2.05, 4.69) is 15.6 Å². The number of hydrogen-bond acceptors (Lipinski definition) is 3. The minimum atomic E-state index is -4.75. The fraction of sp³-hybridized carbons (Fsp3) is 0.333. The van der Waals surface area contributed by atoms with Crippen molar-refractivity contribution in [1.82, 2.24) is 20.3 Å². The van der Waals surface area contributed by atoms with E-state index in [0.717, 1.165) is 12.1 Å². The molecule has 0 aliphatic carbocycles. The van der Waals surface area contributed by atoms with Gasteiger partial charge >= 0.3 is 6.18 Å². The summed E-state index contributed by atoms with van der Waals surface area (Å²) in [6.45, 7) is 3.00. The van der Waals surface area contributed by atoms with Crippen LogP contribution in [0.2, 0.25) is 0 Å². The predicted octanol–water partition coefficient (Wildman–Crippen LogP) is 2.53. The lowest BCUT2D eigenvalue weighted by molar-refractivity contribution is -0.140. The molecule has 2 rings (SSSR count). The van der Waals surface area contributed by atoms with Crippen LogP contribution in [0.4, 0.5) is 17.6 Å². The summed E-state index contributed by atoms with van der Waals surface area (Å²) in [6.07, 6.45) is -3.30. The van der Waals surface area contributed by atoms with Crippen molar-refractivity contribution >= 4 is 0 Å². The standard InChI is InChI=1S/C12H12F4N4/c1-2-17-6-9-7-18-19-20(9)8-3-4-11(13)10(5-8)12(14,15)16/h3-5,7,17H,2,6H2,1H3. The van der Waals surface area contributed by atoms with Crippen LogP contribution in [0.25, 0.3) is 5.69 Å². The number of benzene rings is 1. The molecule has 0 aliphatic heterocycles. The van der Waals surface area contributed by atoms with E-state index in [-0.39, 0.29) is 5.69 Å². The zero-order valence-corrected chi connectivity index (χ0v) is 10.6. The Morgan fingerprint density at radius 2 is 2.05 bits per heavy atom. The highest BCUT2D eigenvalue weighted by molar-refractivity contribution is 5.38. The quantitative estimate of drug-likeness (QED) is 0.879. The van der Waals surface area contributed by atoms with Gasteiger partial charge in [0, 0.05) is 6.54 Å². The molecule has 0 saturated heterocycles. The molecule has 0 spiro atoms. The van der Waals surface area contributed by atoms with E-state index in [4.69, 9.17) is 0 Å². The molecular formula is C12H12F4N4. The molecular weight excluding hydrogens is 276 g/mol. The number of alkyl halides is 3. The van der Waals surface area contributed by atoms with Gasteiger partial charge in [-0.1, -0.05) is 12.1 Å². The van der Waals surface area contributed by atoms with Crippen molar-refractivity contribution in [3.63, 3.8) is 0 Å². The summed E-state index contributed by atoms with van der Waals surface area (Å²) in [4.78, 5) is 0. The van der Waals surface area contributed by atoms with Crippen LogP contribution >= 0.6 is 0 Å². The highest BCUT2D eigenvalue weighted by atomic mass is 19.4. The van der Waals surface area contributed by atoms with Crippen LogP contribution in [0, 0.1) is 5.82 Å². The molecule has 4 nitrogen and oxygen atoms in total. The van der Waals surface area contributed by atoms with E-state index < -0.39 is 17.6 Å². The third-order valence-corrected chi connectivity index (χ3v) is 2.68. The van der Waals surface area contributed by atoms with Crippen molar-refractivity contribution in [1.29, 1.82) is 0 Å². The SMILES string of the molecule is CCNCc1cnnn1-c1ccc(F)c(C(F)(F)F)c1. The Bertz CT molecular complexity index is 591. The van der Waals surface area contributed by atoms with Gasteiger partial charge in [-0.2, -0.15) is 13.2 Å². The fourth-order valence-corrected chi connectivity index (χ4v) is 1.71. The molecule has 0 bridgehead atoms. The molecule has 0 aliphatic rings. The van der Waals surface area contributed by atoms with Crippen LogP contribution in [0.1, 0.15) is 18.2 Å². The van der Waals surface area contributed by atoms with Crippen molar-refractivity contribution < 1.29 is 17.6 Å². The van der Waals surface area contributed by atoms with Gasteiger partial charge in [0.1, 0.15) is 5.82 Å². The Kier molecular flexibility index (Phi) is 4.03. The van der Waals surface area contributed by atoms with Gasteiger partial charge in [-0.3, -0.25) is 0 Å². The van der Waals surface area contributed by atoms with Gasteiger partial charge in [0.15, 0.2) is 0 Å². The first kappa shape index (κ1) is 14.4. The number of nitrogens with zero attached hydrogens (tertiary/aromatic N) is 3. The number of rotatable bonds is 4. The Balaban J connectivity index is 2.41. The minimum absolute atomic E-state index is 0.115. The molecule has 1 heterocycles. The maximum atomic E-state index is 13.2. The Morgan fingerprint density at radius 3 is 2.70 bits per heavy atom. The molecule has 1 aromatic carbocycles. The Hall–Kier alpha value is -1.96. The van der Waals surface area contributed by atoms with Crippen LogP contribution in [0.15, 0.2) is 24.4 Å². The first-order chi connectivity index (χ1) is 9.43. The lowest BCUT2D eigenvalue weighted by atomic mass is 10.2. The molecule has 0 atom stereocenters. The molecule has 8 heteroatoms. The van der Waals surface area contributed by atoms with Crippen molar-refractivity contribution in [2.75, 3.05) is 6.54 Å². The zero-order valence-electron chi connectivity index (χ0n) is 10.6.